The monoisotopic (exact) mass is 244 g/mol. The zero-order valence-corrected chi connectivity index (χ0v) is 11.9. The lowest BCUT2D eigenvalue weighted by molar-refractivity contribution is -0.140. The smallest absolute Gasteiger partial charge is 0.320 e. The summed E-state index contributed by atoms with van der Waals surface area (Å²) in [6.45, 7) is 9.12. The third-order valence-corrected chi connectivity index (χ3v) is 3.06. The van der Waals surface area contributed by atoms with Crippen LogP contribution in [0.25, 0.3) is 0 Å². The van der Waals surface area contributed by atoms with E-state index < -0.39 is 12.0 Å². The standard InChI is InChI=1S/C13H28N2O2/c1-6-7-11(4)15(5)9-8-12(13(16)17)14-10(2)3/h10-12,14H,6-9H2,1-5H3,(H,16,17). The van der Waals surface area contributed by atoms with Crippen LogP contribution in [0, 0.1) is 0 Å². The lowest BCUT2D eigenvalue weighted by atomic mass is 10.1. The molecule has 2 unspecified atom stereocenters. The Bertz CT molecular complexity index is 219. The molecule has 2 N–H and O–H groups in total. The first-order chi connectivity index (χ1) is 7.88. The summed E-state index contributed by atoms with van der Waals surface area (Å²) < 4.78 is 0. The minimum Gasteiger partial charge on any atom is -0.480 e. The second kappa shape index (κ2) is 8.48. The van der Waals surface area contributed by atoms with Crippen molar-refractivity contribution in [2.45, 2.75) is 65.1 Å². The van der Waals surface area contributed by atoms with E-state index in [-0.39, 0.29) is 6.04 Å². The van der Waals surface area contributed by atoms with Crippen molar-refractivity contribution in [2.75, 3.05) is 13.6 Å². The van der Waals surface area contributed by atoms with Crippen LogP contribution in [0.5, 0.6) is 0 Å². The fourth-order valence-electron chi connectivity index (χ4n) is 1.87. The Morgan fingerprint density at radius 2 is 1.88 bits per heavy atom. The van der Waals surface area contributed by atoms with Crippen molar-refractivity contribution in [1.29, 1.82) is 0 Å². The molecule has 0 aliphatic carbocycles. The van der Waals surface area contributed by atoms with Gasteiger partial charge in [0.05, 0.1) is 0 Å². The minimum atomic E-state index is -0.754. The van der Waals surface area contributed by atoms with Gasteiger partial charge in [-0.3, -0.25) is 4.79 Å². The van der Waals surface area contributed by atoms with Crippen LogP contribution in [0.1, 0.15) is 47.0 Å². The zero-order chi connectivity index (χ0) is 13.4. The highest BCUT2D eigenvalue weighted by atomic mass is 16.4. The quantitative estimate of drug-likeness (QED) is 0.651. The van der Waals surface area contributed by atoms with E-state index in [2.05, 4.69) is 31.1 Å². The number of aliphatic carboxylic acids is 1. The number of nitrogens with one attached hydrogen (secondary N) is 1. The predicted molar refractivity (Wildman–Crippen MR) is 71.3 cm³/mol. The van der Waals surface area contributed by atoms with Gasteiger partial charge < -0.3 is 15.3 Å². The fraction of sp³-hybridized carbons (Fsp3) is 0.923. The molecule has 0 aromatic rings. The Labute approximate surface area is 105 Å². The number of carboxylic acid groups (broad SMARTS) is 1. The molecule has 2 atom stereocenters. The first-order valence-corrected chi connectivity index (χ1v) is 6.57. The number of hydrogen-bond donors (Lipinski definition) is 2. The van der Waals surface area contributed by atoms with E-state index in [9.17, 15) is 4.79 Å². The van der Waals surface area contributed by atoms with Crippen LogP contribution in [0.3, 0.4) is 0 Å². The SMILES string of the molecule is CCCC(C)N(C)CCC(NC(C)C)C(=O)O. The van der Waals surface area contributed by atoms with E-state index >= 15 is 0 Å². The van der Waals surface area contributed by atoms with E-state index in [1.54, 1.807) is 0 Å². The van der Waals surface area contributed by atoms with Crippen molar-refractivity contribution in [3.63, 3.8) is 0 Å². The second-order valence-electron chi connectivity index (χ2n) is 5.12. The maximum atomic E-state index is 11.1. The summed E-state index contributed by atoms with van der Waals surface area (Å²) >= 11 is 0. The van der Waals surface area contributed by atoms with Crippen molar-refractivity contribution in [3.05, 3.63) is 0 Å². The first kappa shape index (κ1) is 16.4. The molecule has 102 valence electrons. The van der Waals surface area contributed by atoms with Gasteiger partial charge in [-0.05, 0) is 26.8 Å². The van der Waals surface area contributed by atoms with Crippen LogP contribution >= 0.6 is 0 Å². The third kappa shape index (κ3) is 7.34. The van der Waals surface area contributed by atoms with Gasteiger partial charge >= 0.3 is 5.97 Å². The fourth-order valence-corrected chi connectivity index (χ4v) is 1.87. The Balaban J connectivity index is 4.07. The predicted octanol–water partition coefficient (Wildman–Crippen LogP) is 1.95. The molecular formula is C13H28N2O2. The van der Waals surface area contributed by atoms with E-state index in [1.165, 1.54) is 0 Å². The Morgan fingerprint density at radius 1 is 1.29 bits per heavy atom. The molecule has 0 spiro atoms. The van der Waals surface area contributed by atoms with Crippen molar-refractivity contribution in [1.82, 2.24) is 10.2 Å². The summed E-state index contributed by atoms with van der Waals surface area (Å²) in [5, 5.41) is 12.2. The van der Waals surface area contributed by atoms with Crippen LogP contribution in [0.4, 0.5) is 0 Å². The van der Waals surface area contributed by atoms with Gasteiger partial charge in [0.2, 0.25) is 0 Å². The summed E-state index contributed by atoms with van der Waals surface area (Å²) in [4.78, 5) is 13.3. The molecule has 0 aliphatic heterocycles. The average molecular weight is 244 g/mol. The zero-order valence-electron chi connectivity index (χ0n) is 11.9. The minimum absolute atomic E-state index is 0.203. The normalized spacial score (nSPS) is 15.2. The lowest BCUT2D eigenvalue weighted by Crippen LogP contribution is -2.43. The highest BCUT2D eigenvalue weighted by Gasteiger charge is 2.19. The molecule has 4 nitrogen and oxygen atoms in total. The largest absolute Gasteiger partial charge is 0.480 e. The van der Waals surface area contributed by atoms with Crippen LogP contribution in [-0.4, -0.2) is 47.7 Å². The van der Waals surface area contributed by atoms with E-state index in [1.807, 2.05) is 13.8 Å². The van der Waals surface area contributed by atoms with Crippen LogP contribution < -0.4 is 5.32 Å². The van der Waals surface area contributed by atoms with Gasteiger partial charge in [0.1, 0.15) is 6.04 Å². The van der Waals surface area contributed by atoms with Gasteiger partial charge in [-0.2, -0.15) is 0 Å². The number of hydrogen-bond acceptors (Lipinski definition) is 3. The van der Waals surface area contributed by atoms with E-state index in [0.717, 1.165) is 19.4 Å². The first-order valence-electron chi connectivity index (χ1n) is 6.57. The highest BCUT2D eigenvalue weighted by Crippen LogP contribution is 2.06. The molecule has 0 fully saturated rings. The highest BCUT2D eigenvalue weighted by molar-refractivity contribution is 5.73. The van der Waals surface area contributed by atoms with Crippen LogP contribution in [0.15, 0.2) is 0 Å². The summed E-state index contributed by atoms with van der Waals surface area (Å²) in [6, 6.07) is 0.286. The number of carbonyl (C=O) groups is 1. The van der Waals surface area contributed by atoms with Crippen molar-refractivity contribution >= 4 is 5.97 Å². The maximum absolute atomic E-state index is 11.1. The molecule has 0 amide bonds. The van der Waals surface area contributed by atoms with Gasteiger partial charge in [0.25, 0.3) is 0 Å². The number of carboxylic acids is 1. The van der Waals surface area contributed by atoms with Gasteiger partial charge in [-0.1, -0.05) is 27.2 Å². The van der Waals surface area contributed by atoms with Crippen LogP contribution in [0.2, 0.25) is 0 Å². The Kier molecular flexibility index (Phi) is 8.17. The topological polar surface area (TPSA) is 52.6 Å². The molecule has 0 bridgehead atoms. The number of nitrogens with zero attached hydrogens (tertiary/aromatic N) is 1. The number of rotatable bonds is 9. The summed E-state index contributed by atoms with van der Waals surface area (Å²) in [5.41, 5.74) is 0. The van der Waals surface area contributed by atoms with Gasteiger partial charge in [0.15, 0.2) is 0 Å². The maximum Gasteiger partial charge on any atom is 0.320 e. The molecular weight excluding hydrogens is 216 g/mol. The second-order valence-corrected chi connectivity index (χ2v) is 5.12. The molecule has 0 rings (SSSR count). The molecule has 0 aromatic heterocycles. The summed E-state index contributed by atoms with van der Waals surface area (Å²) in [5.74, 6) is -0.754. The Morgan fingerprint density at radius 3 is 2.29 bits per heavy atom. The summed E-state index contributed by atoms with van der Waals surface area (Å²) in [6.07, 6.45) is 2.97. The summed E-state index contributed by atoms with van der Waals surface area (Å²) in [7, 11) is 2.06. The molecule has 0 radical (unpaired) electrons. The molecule has 0 aliphatic rings. The third-order valence-electron chi connectivity index (χ3n) is 3.06. The molecule has 0 aromatic carbocycles. The van der Waals surface area contributed by atoms with Crippen molar-refractivity contribution < 1.29 is 9.90 Å². The van der Waals surface area contributed by atoms with E-state index in [4.69, 9.17) is 5.11 Å². The van der Waals surface area contributed by atoms with Gasteiger partial charge in [-0.25, -0.2) is 0 Å². The molecule has 0 heterocycles. The average Bonchev–Trinajstić information content (AvgIpc) is 2.23. The van der Waals surface area contributed by atoms with E-state index in [0.29, 0.717) is 12.5 Å². The molecule has 0 saturated heterocycles. The van der Waals surface area contributed by atoms with Gasteiger partial charge in [-0.15, -0.1) is 0 Å². The molecule has 17 heavy (non-hydrogen) atoms. The van der Waals surface area contributed by atoms with Crippen molar-refractivity contribution in [3.8, 4) is 0 Å². The molecule has 4 heteroatoms. The Hall–Kier alpha value is -0.610. The van der Waals surface area contributed by atoms with Gasteiger partial charge in [0, 0.05) is 18.6 Å². The molecule has 0 saturated carbocycles. The van der Waals surface area contributed by atoms with Crippen molar-refractivity contribution in [2.24, 2.45) is 0 Å². The lowest BCUT2D eigenvalue weighted by Gasteiger charge is -2.26. The van der Waals surface area contributed by atoms with Crippen LogP contribution in [-0.2, 0) is 4.79 Å².